The Hall–Kier alpha value is -4.33. The number of anilines is 3. The van der Waals surface area contributed by atoms with Crippen molar-refractivity contribution in [1.29, 1.82) is 0 Å². The highest BCUT2D eigenvalue weighted by molar-refractivity contribution is 6.06. The predicted octanol–water partition coefficient (Wildman–Crippen LogP) is 4.56. The first kappa shape index (κ1) is 24.8. The first-order valence-corrected chi connectivity index (χ1v) is 11.6. The van der Waals surface area contributed by atoms with Crippen LogP contribution in [0, 0.1) is 19.8 Å². The van der Waals surface area contributed by atoms with E-state index in [2.05, 4.69) is 10.6 Å². The van der Waals surface area contributed by atoms with Crippen molar-refractivity contribution in [2.45, 2.75) is 20.3 Å². The van der Waals surface area contributed by atoms with Gasteiger partial charge in [0.2, 0.25) is 11.8 Å². The number of aryl methyl sites for hydroxylation is 2. The molecule has 36 heavy (non-hydrogen) atoms. The maximum atomic E-state index is 13.1. The molecule has 0 aliphatic carbocycles. The number of nitrogens with zero attached hydrogens (tertiary/aromatic N) is 1. The van der Waals surface area contributed by atoms with Gasteiger partial charge >= 0.3 is 0 Å². The lowest BCUT2D eigenvalue weighted by atomic mass is 10.1. The first-order chi connectivity index (χ1) is 17.3. The topological polar surface area (TPSA) is 97.0 Å². The molecule has 1 heterocycles. The quantitative estimate of drug-likeness (QED) is 0.509. The monoisotopic (exact) mass is 487 g/mol. The van der Waals surface area contributed by atoms with Crippen molar-refractivity contribution in [1.82, 2.24) is 0 Å². The molecule has 1 fully saturated rings. The molecular formula is C28H29N3O5. The lowest BCUT2D eigenvalue weighted by Gasteiger charge is -2.19. The summed E-state index contributed by atoms with van der Waals surface area (Å²) in [5.74, 6) is -0.508. The average Bonchev–Trinajstić information content (AvgIpc) is 3.28. The number of nitrogens with one attached hydrogen (secondary N) is 2. The summed E-state index contributed by atoms with van der Waals surface area (Å²) in [6, 6.07) is 17.8. The molecule has 1 atom stereocenters. The number of amides is 3. The molecule has 0 aromatic heterocycles. The fourth-order valence-corrected chi connectivity index (χ4v) is 4.14. The van der Waals surface area contributed by atoms with Gasteiger partial charge < -0.3 is 25.0 Å². The van der Waals surface area contributed by atoms with Crippen LogP contribution in [0.25, 0.3) is 0 Å². The van der Waals surface area contributed by atoms with Crippen molar-refractivity contribution >= 4 is 34.8 Å². The third kappa shape index (κ3) is 5.17. The summed E-state index contributed by atoms with van der Waals surface area (Å²) < 4.78 is 10.9. The van der Waals surface area contributed by atoms with Gasteiger partial charge in [-0.1, -0.05) is 24.3 Å². The molecule has 186 valence electrons. The minimum absolute atomic E-state index is 0.0954. The van der Waals surface area contributed by atoms with Crippen LogP contribution in [-0.4, -0.2) is 38.5 Å². The van der Waals surface area contributed by atoms with E-state index < -0.39 is 5.92 Å². The van der Waals surface area contributed by atoms with Crippen LogP contribution in [-0.2, 0) is 9.59 Å². The van der Waals surface area contributed by atoms with Crippen LogP contribution in [0.1, 0.15) is 27.9 Å². The van der Waals surface area contributed by atoms with E-state index in [4.69, 9.17) is 9.47 Å². The van der Waals surface area contributed by atoms with E-state index in [-0.39, 0.29) is 30.7 Å². The lowest BCUT2D eigenvalue weighted by Crippen LogP contribution is -2.28. The van der Waals surface area contributed by atoms with Gasteiger partial charge in [-0.05, 0) is 49.2 Å². The summed E-state index contributed by atoms with van der Waals surface area (Å²) in [5.41, 5.74) is 4.30. The summed E-state index contributed by atoms with van der Waals surface area (Å²) in [5, 5.41) is 5.69. The molecule has 3 amide bonds. The number of methoxy groups -OCH3 is 2. The maximum absolute atomic E-state index is 13.1. The Kier molecular flexibility index (Phi) is 7.24. The van der Waals surface area contributed by atoms with Gasteiger partial charge in [0.05, 0.1) is 31.5 Å². The molecule has 0 spiro atoms. The largest absolute Gasteiger partial charge is 0.494 e. The van der Waals surface area contributed by atoms with Gasteiger partial charge in [-0.25, -0.2) is 0 Å². The van der Waals surface area contributed by atoms with E-state index in [9.17, 15) is 14.4 Å². The number of ether oxygens (including phenoxy) is 2. The van der Waals surface area contributed by atoms with Crippen LogP contribution in [0.15, 0.2) is 60.7 Å². The molecule has 8 heteroatoms. The standard InChI is InChI=1S/C28H29N3O5/c1-17-10-11-21(12-18(17)2)31-16-20(13-26(31)32)28(34)30-23-15-24(35-3)22(14-25(23)36-4)29-27(33)19-8-6-5-7-9-19/h5-12,14-15,20H,13,16H2,1-4H3,(H,29,33)(H,30,34)/t20-/m1/s1. The van der Waals surface area contributed by atoms with E-state index in [0.717, 1.165) is 16.8 Å². The second-order valence-electron chi connectivity index (χ2n) is 8.74. The predicted molar refractivity (Wildman–Crippen MR) is 139 cm³/mol. The maximum Gasteiger partial charge on any atom is 0.255 e. The van der Waals surface area contributed by atoms with Crippen molar-refractivity contribution in [2.24, 2.45) is 5.92 Å². The van der Waals surface area contributed by atoms with E-state index in [1.807, 2.05) is 38.1 Å². The summed E-state index contributed by atoms with van der Waals surface area (Å²) in [7, 11) is 2.95. The Morgan fingerprint density at radius 2 is 1.50 bits per heavy atom. The average molecular weight is 488 g/mol. The minimum Gasteiger partial charge on any atom is -0.494 e. The van der Waals surface area contributed by atoms with Gasteiger partial charge in [-0.3, -0.25) is 14.4 Å². The SMILES string of the molecule is COc1cc(NC(=O)[C@@H]2CC(=O)N(c3ccc(C)c(C)c3)C2)c(OC)cc1NC(=O)c1ccccc1. The number of hydrogen-bond donors (Lipinski definition) is 2. The summed E-state index contributed by atoms with van der Waals surface area (Å²) in [6.07, 6.45) is 0.115. The van der Waals surface area contributed by atoms with Crippen molar-refractivity contribution < 1.29 is 23.9 Å². The molecule has 1 aliphatic heterocycles. The highest BCUT2D eigenvalue weighted by Crippen LogP contribution is 2.37. The molecule has 0 bridgehead atoms. The van der Waals surface area contributed by atoms with E-state index in [1.54, 1.807) is 41.3 Å². The molecule has 8 nitrogen and oxygen atoms in total. The minimum atomic E-state index is -0.521. The lowest BCUT2D eigenvalue weighted by molar-refractivity contribution is -0.122. The zero-order valence-electron chi connectivity index (χ0n) is 20.8. The summed E-state index contributed by atoms with van der Waals surface area (Å²) in [4.78, 5) is 40.1. The van der Waals surface area contributed by atoms with E-state index in [1.165, 1.54) is 14.2 Å². The van der Waals surface area contributed by atoms with Crippen molar-refractivity contribution in [3.63, 3.8) is 0 Å². The molecule has 2 N–H and O–H groups in total. The zero-order chi connectivity index (χ0) is 25.8. The summed E-state index contributed by atoms with van der Waals surface area (Å²) >= 11 is 0. The van der Waals surface area contributed by atoms with Crippen LogP contribution in [0.2, 0.25) is 0 Å². The van der Waals surface area contributed by atoms with Gasteiger partial charge in [0.1, 0.15) is 11.5 Å². The Morgan fingerprint density at radius 3 is 2.11 bits per heavy atom. The van der Waals surface area contributed by atoms with Gasteiger partial charge in [0.15, 0.2) is 0 Å². The van der Waals surface area contributed by atoms with E-state index >= 15 is 0 Å². The third-order valence-electron chi connectivity index (χ3n) is 6.36. The fourth-order valence-electron chi connectivity index (χ4n) is 4.14. The highest BCUT2D eigenvalue weighted by Gasteiger charge is 2.35. The van der Waals surface area contributed by atoms with Gasteiger partial charge in [-0.15, -0.1) is 0 Å². The van der Waals surface area contributed by atoms with Crippen LogP contribution in [0.4, 0.5) is 17.1 Å². The second-order valence-corrected chi connectivity index (χ2v) is 8.74. The number of benzene rings is 3. The number of rotatable bonds is 7. The van der Waals surface area contributed by atoms with Crippen molar-refractivity contribution in [2.75, 3.05) is 36.3 Å². The summed E-state index contributed by atoms with van der Waals surface area (Å²) in [6.45, 7) is 4.30. The van der Waals surface area contributed by atoms with Gasteiger partial charge in [0, 0.05) is 36.3 Å². The van der Waals surface area contributed by atoms with Gasteiger partial charge in [-0.2, -0.15) is 0 Å². The molecular weight excluding hydrogens is 458 g/mol. The Morgan fingerprint density at radius 1 is 0.861 bits per heavy atom. The Balaban J connectivity index is 1.51. The number of carbonyl (C=O) groups is 3. The van der Waals surface area contributed by atoms with Crippen LogP contribution in [0.5, 0.6) is 11.5 Å². The smallest absolute Gasteiger partial charge is 0.255 e. The molecule has 3 aromatic rings. The molecule has 0 saturated carbocycles. The van der Waals surface area contributed by atoms with Crippen LogP contribution >= 0.6 is 0 Å². The first-order valence-electron chi connectivity index (χ1n) is 11.6. The molecule has 3 aromatic carbocycles. The fraction of sp³-hybridized carbons (Fsp3) is 0.250. The number of carbonyl (C=O) groups excluding carboxylic acids is 3. The van der Waals surface area contributed by atoms with Gasteiger partial charge in [0.25, 0.3) is 5.91 Å². The highest BCUT2D eigenvalue weighted by atomic mass is 16.5. The van der Waals surface area contributed by atoms with Crippen LogP contribution in [0.3, 0.4) is 0 Å². The molecule has 0 radical (unpaired) electrons. The Labute approximate surface area is 210 Å². The second kappa shape index (κ2) is 10.5. The van der Waals surface area contributed by atoms with Crippen molar-refractivity contribution in [3.05, 3.63) is 77.4 Å². The molecule has 1 saturated heterocycles. The third-order valence-corrected chi connectivity index (χ3v) is 6.36. The Bertz CT molecular complexity index is 1310. The molecule has 4 rings (SSSR count). The molecule has 1 aliphatic rings. The number of hydrogen-bond acceptors (Lipinski definition) is 5. The normalized spacial score (nSPS) is 14.9. The molecule has 0 unspecified atom stereocenters. The van der Waals surface area contributed by atoms with Crippen LogP contribution < -0.4 is 25.0 Å². The van der Waals surface area contributed by atoms with Crippen molar-refractivity contribution in [3.8, 4) is 11.5 Å². The van der Waals surface area contributed by atoms with E-state index in [0.29, 0.717) is 28.4 Å². The zero-order valence-corrected chi connectivity index (χ0v) is 20.8.